The van der Waals surface area contributed by atoms with Crippen molar-refractivity contribution in [3.05, 3.63) is 53.1 Å². The minimum absolute atomic E-state index is 0.303. The summed E-state index contributed by atoms with van der Waals surface area (Å²) in [6.07, 6.45) is 1.85. The molecular weight excluding hydrogens is 254 g/mol. The Hall–Kier alpha value is -2.69. The van der Waals surface area contributed by atoms with Crippen LogP contribution in [-0.4, -0.2) is 16.5 Å². The lowest BCUT2D eigenvalue weighted by atomic mass is 10.1. The molecule has 0 N–H and O–H groups in total. The summed E-state index contributed by atoms with van der Waals surface area (Å²) >= 11 is 0. The molecule has 0 fully saturated rings. The molecule has 0 bridgehead atoms. The molecule has 100 valence electrons. The summed E-state index contributed by atoms with van der Waals surface area (Å²) in [5.41, 5.74) is 3.10. The monoisotopic (exact) mass is 267 g/mol. The van der Waals surface area contributed by atoms with Crippen LogP contribution < -0.4 is 4.74 Å². The van der Waals surface area contributed by atoms with Crippen molar-refractivity contribution in [2.75, 3.05) is 7.11 Å². The number of rotatable bonds is 3. The highest BCUT2D eigenvalue weighted by Crippen LogP contribution is 2.32. The van der Waals surface area contributed by atoms with Gasteiger partial charge in [-0.15, -0.1) is 4.91 Å². The normalized spacial score (nSPS) is 10.7. The number of hydrogen-bond donors (Lipinski definition) is 0. The second-order valence-electron chi connectivity index (χ2n) is 4.54. The fourth-order valence-corrected chi connectivity index (χ4v) is 2.19. The molecular formula is C15H13N3O2. The van der Waals surface area contributed by atoms with Crippen molar-refractivity contribution in [1.29, 1.82) is 0 Å². The predicted octanol–water partition coefficient (Wildman–Crippen LogP) is 3.72. The van der Waals surface area contributed by atoms with Gasteiger partial charge in [0.05, 0.1) is 7.11 Å². The number of hydrogen-bond acceptors (Lipinski definition) is 4. The van der Waals surface area contributed by atoms with Gasteiger partial charge in [-0.2, -0.15) is 0 Å². The van der Waals surface area contributed by atoms with Gasteiger partial charge in [-0.05, 0) is 35.9 Å². The summed E-state index contributed by atoms with van der Waals surface area (Å²) in [5.74, 6) is 1.02. The number of ether oxygens (including phenoxy) is 1. The number of nitroso groups, excluding NO2 is 1. The van der Waals surface area contributed by atoms with Gasteiger partial charge in [0.1, 0.15) is 17.1 Å². The number of methoxy groups -OCH3 is 1. The molecule has 2 heterocycles. The average molecular weight is 267 g/mol. The van der Waals surface area contributed by atoms with Gasteiger partial charge in [-0.1, -0.05) is 18.2 Å². The third kappa shape index (κ3) is 1.93. The number of aromatic nitrogens is 2. The van der Waals surface area contributed by atoms with Gasteiger partial charge in [-0.25, -0.2) is 4.98 Å². The summed E-state index contributed by atoms with van der Waals surface area (Å²) in [4.78, 5) is 15.7. The van der Waals surface area contributed by atoms with Gasteiger partial charge in [0.15, 0.2) is 0 Å². The molecule has 0 atom stereocenters. The van der Waals surface area contributed by atoms with Gasteiger partial charge in [0.2, 0.25) is 5.82 Å². The lowest BCUT2D eigenvalue weighted by Crippen LogP contribution is -1.85. The molecule has 0 radical (unpaired) electrons. The zero-order valence-corrected chi connectivity index (χ0v) is 11.2. The van der Waals surface area contributed by atoms with Crippen LogP contribution in [0.25, 0.3) is 16.9 Å². The molecule has 5 heteroatoms. The first-order chi connectivity index (χ1) is 9.72. The van der Waals surface area contributed by atoms with Crippen LogP contribution in [0.5, 0.6) is 5.75 Å². The minimum Gasteiger partial charge on any atom is -0.497 e. The number of fused-ring (bicyclic) bond motifs is 1. The maximum absolute atomic E-state index is 11.2. The lowest BCUT2D eigenvalue weighted by Gasteiger charge is -2.02. The third-order valence-electron chi connectivity index (χ3n) is 3.17. The molecule has 3 aromatic rings. The van der Waals surface area contributed by atoms with E-state index < -0.39 is 0 Å². The maximum atomic E-state index is 11.2. The molecule has 0 amide bonds. The van der Waals surface area contributed by atoms with Crippen LogP contribution in [0.1, 0.15) is 5.56 Å². The standard InChI is InChI=1S/C15H13N3O2/c1-10-6-7-13-16-14(15(17-19)18(13)9-10)11-4-3-5-12(8-11)20-2/h3-9H,1-2H3. The van der Waals surface area contributed by atoms with E-state index in [0.29, 0.717) is 22.9 Å². The first-order valence-corrected chi connectivity index (χ1v) is 6.19. The fourth-order valence-electron chi connectivity index (χ4n) is 2.19. The number of pyridine rings is 1. The summed E-state index contributed by atoms with van der Waals surface area (Å²) in [6.45, 7) is 1.96. The van der Waals surface area contributed by atoms with Crippen molar-refractivity contribution < 1.29 is 4.74 Å². The van der Waals surface area contributed by atoms with E-state index in [2.05, 4.69) is 10.2 Å². The summed E-state index contributed by atoms with van der Waals surface area (Å²) in [6, 6.07) is 11.2. The van der Waals surface area contributed by atoms with Crippen LogP contribution in [0.4, 0.5) is 5.82 Å². The highest BCUT2D eigenvalue weighted by Gasteiger charge is 2.15. The van der Waals surface area contributed by atoms with Crippen LogP contribution in [0, 0.1) is 11.8 Å². The Morgan fingerprint density at radius 2 is 2.10 bits per heavy atom. The van der Waals surface area contributed by atoms with E-state index >= 15 is 0 Å². The van der Waals surface area contributed by atoms with E-state index in [0.717, 1.165) is 11.1 Å². The van der Waals surface area contributed by atoms with Crippen molar-refractivity contribution >= 4 is 11.5 Å². The number of aryl methyl sites for hydroxylation is 1. The zero-order chi connectivity index (χ0) is 14.1. The van der Waals surface area contributed by atoms with Crippen LogP contribution >= 0.6 is 0 Å². The van der Waals surface area contributed by atoms with Crippen LogP contribution in [0.15, 0.2) is 47.8 Å². The third-order valence-corrected chi connectivity index (χ3v) is 3.17. The molecule has 0 aliphatic heterocycles. The molecule has 3 rings (SSSR count). The Bertz CT molecular complexity index is 793. The number of nitrogens with zero attached hydrogens (tertiary/aromatic N) is 3. The Kier molecular flexibility index (Phi) is 2.95. The predicted molar refractivity (Wildman–Crippen MR) is 77.4 cm³/mol. The first kappa shape index (κ1) is 12.3. The van der Waals surface area contributed by atoms with E-state index in [4.69, 9.17) is 4.74 Å². The molecule has 20 heavy (non-hydrogen) atoms. The molecule has 5 nitrogen and oxygen atoms in total. The Balaban J connectivity index is 2.27. The highest BCUT2D eigenvalue weighted by atomic mass is 16.5. The number of imidazole rings is 1. The second kappa shape index (κ2) is 4.77. The average Bonchev–Trinajstić information content (AvgIpc) is 2.85. The van der Waals surface area contributed by atoms with Gasteiger partial charge < -0.3 is 4.74 Å². The molecule has 1 aromatic carbocycles. The maximum Gasteiger partial charge on any atom is 0.209 e. The summed E-state index contributed by atoms with van der Waals surface area (Å²) in [5, 5.41) is 3.14. The van der Waals surface area contributed by atoms with Crippen molar-refractivity contribution in [3.63, 3.8) is 0 Å². The van der Waals surface area contributed by atoms with Crippen molar-refractivity contribution in [2.24, 2.45) is 5.18 Å². The van der Waals surface area contributed by atoms with Crippen molar-refractivity contribution in [2.45, 2.75) is 6.92 Å². The lowest BCUT2D eigenvalue weighted by molar-refractivity contribution is 0.415. The molecule has 0 spiro atoms. The van der Waals surface area contributed by atoms with Crippen LogP contribution in [-0.2, 0) is 0 Å². The first-order valence-electron chi connectivity index (χ1n) is 6.19. The van der Waals surface area contributed by atoms with E-state index in [-0.39, 0.29) is 0 Å². The van der Waals surface area contributed by atoms with E-state index in [9.17, 15) is 4.91 Å². The largest absolute Gasteiger partial charge is 0.497 e. The van der Waals surface area contributed by atoms with Crippen molar-refractivity contribution in [1.82, 2.24) is 9.38 Å². The second-order valence-corrected chi connectivity index (χ2v) is 4.54. The molecule has 0 aliphatic carbocycles. The fraction of sp³-hybridized carbons (Fsp3) is 0.133. The van der Waals surface area contributed by atoms with Crippen molar-refractivity contribution in [3.8, 4) is 17.0 Å². The van der Waals surface area contributed by atoms with Gasteiger partial charge in [0, 0.05) is 11.8 Å². The Morgan fingerprint density at radius 3 is 2.85 bits per heavy atom. The van der Waals surface area contributed by atoms with E-state index in [1.165, 1.54) is 0 Å². The smallest absolute Gasteiger partial charge is 0.209 e. The van der Waals surface area contributed by atoms with Crippen LogP contribution in [0.2, 0.25) is 0 Å². The van der Waals surface area contributed by atoms with Gasteiger partial charge in [-0.3, -0.25) is 4.40 Å². The molecule has 2 aromatic heterocycles. The zero-order valence-electron chi connectivity index (χ0n) is 11.2. The van der Waals surface area contributed by atoms with E-state index in [1.54, 1.807) is 11.5 Å². The van der Waals surface area contributed by atoms with Gasteiger partial charge in [0.25, 0.3) is 0 Å². The van der Waals surface area contributed by atoms with Crippen LogP contribution in [0.3, 0.4) is 0 Å². The molecule has 0 unspecified atom stereocenters. The quantitative estimate of drug-likeness (QED) is 0.679. The topological polar surface area (TPSA) is 56.0 Å². The Labute approximate surface area is 115 Å². The highest BCUT2D eigenvalue weighted by molar-refractivity contribution is 5.75. The molecule has 0 saturated heterocycles. The number of benzene rings is 1. The van der Waals surface area contributed by atoms with Gasteiger partial charge >= 0.3 is 0 Å². The molecule has 0 saturated carbocycles. The minimum atomic E-state index is 0.303. The summed E-state index contributed by atoms with van der Waals surface area (Å²) < 4.78 is 6.91. The SMILES string of the molecule is COc1cccc(-c2nc3ccc(C)cn3c2N=O)c1. The Morgan fingerprint density at radius 1 is 1.25 bits per heavy atom. The molecule has 0 aliphatic rings. The summed E-state index contributed by atoms with van der Waals surface area (Å²) in [7, 11) is 1.60. The van der Waals surface area contributed by atoms with E-state index in [1.807, 2.05) is 49.5 Å².